The van der Waals surface area contributed by atoms with Gasteiger partial charge < -0.3 is 0 Å². The lowest BCUT2D eigenvalue weighted by molar-refractivity contribution is 0.275. The molecule has 0 rings (SSSR count). The fourth-order valence-electron chi connectivity index (χ4n) is 0. The molecule has 0 N–H and O–H groups in total. The van der Waals surface area contributed by atoms with Gasteiger partial charge >= 0.3 is 6.69 Å². The van der Waals surface area contributed by atoms with Crippen molar-refractivity contribution in [2.24, 2.45) is 0 Å². The summed E-state index contributed by atoms with van der Waals surface area (Å²) in [5.74, 6) is 0. The Hall–Kier alpha value is 0.315. The van der Waals surface area contributed by atoms with E-state index in [9.17, 15) is 4.79 Å². The highest BCUT2D eigenvalue weighted by molar-refractivity contribution is 7.21. The standard InChI is InChI=1S/CBCl2O/c3-1(5)2-4. The molecule has 5 heavy (non-hydrogen) atoms. The van der Waals surface area contributed by atoms with Gasteiger partial charge in [-0.25, -0.2) is 0 Å². The Balaban J connectivity index is 2.85. The Morgan fingerprint density at radius 1 is 1.80 bits per heavy atom. The fourth-order valence-corrected chi connectivity index (χ4v) is 0. The Kier molecular flexibility index (Phi) is 2.71. The molecular formula is CBCl2O. The van der Waals surface area contributed by atoms with E-state index in [2.05, 4.69) is 11.6 Å². The molecule has 4 heteroatoms. The molecular weight excluding hydrogens is 110 g/mol. The summed E-state index contributed by atoms with van der Waals surface area (Å²) in [4.78, 5) is 9.39. The van der Waals surface area contributed by atoms with Crippen molar-refractivity contribution in [2.75, 3.05) is 0 Å². The lowest BCUT2D eigenvalue weighted by Gasteiger charge is -1.62. The monoisotopic (exact) mass is 109 g/mol. The maximum Gasteiger partial charge on any atom is 0.346 e. The van der Waals surface area contributed by atoms with Crippen LogP contribution in [-0.4, -0.2) is 11.8 Å². The van der Waals surface area contributed by atoms with Crippen LogP contribution in [0.3, 0.4) is 0 Å². The Bertz CT molecular complexity index is 44.9. The van der Waals surface area contributed by atoms with Crippen molar-refractivity contribution in [1.82, 2.24) is 0 Å². The smallest absolute Gasteiger partial charge is 0.292 e. The highest BCUT2D eigenvalue weighted by atomic mass is 35.5. The van der Waals surface area contributed by atoms with E-state index in [0.29, 0.717) is 0 Å². The predicted molar refractivity (Wildman–Crippen MR) is 22.9 cm³/mol. The van der Waals surface area contributed by atoms with Crippen LogP contribution in [0.1, 0.15) is 0 Å². The topological polar surface area (TPSA) is 17.1 Å². The van der Waals surface area contributed by atoms with Crippen LogP contribution < -0.4 is 0 Å². The van der Waals surface area contributed by atoms with Crippen molar-refractivity contribution in [1.29, 1.82) is 0 Å². The molecule has 0 aromatic heterocycles. The first-order valence-electron chi connectivity index (χ1n) is 0.900. The number of hydrogen-bond donors (Lipinski definition) is 0. The van der Waals surface area contributed by atoms with Crippen molar-refractivity contribution < 1.29 is 4.79 Å². The largest absolute Gasteiger partial charge is 0.346 e. The van der Waals surface area contributed by atoms with E-state index in [1.807, 2.05) is 0 Å². The number of halogens is 2. The maximum atomic E-state index is 9.39. The van der Waals surface area contributed by atoms with Crippen LogP contribution in [0.25, 0.3) is 0 Å². The molecule has 0 unspecified atom stereocenters. The second-order valence-electron chi connectivity index (χ2n) is 0.413. The fraction of sp³-hybridized carbons (Fsp3) is 0. The van der Waals surface area contributed by atoms with E-state index in [4.69, 9.17) is 11.5 Å². The van der Waals surface area contributed by atoms with E-state index < -0.39 is 5.14 Å². The van der Waals surface area contributed by atoms with E-state index in [-0.39, 0.29) is 0 Å². The summed E-state index contributed by atoms with van der Waals surface area (Å²) >= 11 is 9.37. The summed E-state index contributed by atoms with van der Waals surface area (Å²) in [5.41, 5.74) is 0. The van der Waals surface area contributed by atoms with Gasteiger partial charge in [0.25, 0.3) is 0 Å². The second-order valence-corrected chi connectivity index (χ2v) is 1.00. The Morgan fingerprint density at radius 2 is 2.00 bits per heavy atom. The summed E-state index contributed by atoms with van der Waals surface area (Å²) in [6.07, 6.45) is 0. The Morgan fingerprint density at radius 3 is 2.00 bits per heavy atom. The average Bonchev–Trinajstić information content (AvgIpc) is 1.38. The van der Waals surface area contributed by atoms with Crippen LogP contribution in [0.5, 0.6) is 0 Å². The van der Waals surface area contributed by atoms with Crippen LogP contribution in [0.4, 0.5) is 4.79 Å². The normalized spacial score (nSPS) is 6.80. The zero-order valence-electron chi connectivity index (χ0n) is 2.24. The molecule has 0 aliphatic rings. The van der Waals surface area contributed by atoms with E-state index in [1.165, 1.54) is 0 Å². The summed E-state index contributed by atoms with van der Waals surface area (Å²) in [6, 6.07) is 0. The minimum atomic E-state index is -0.633. The third-order valence-corrected chi connectivity index (χ3v) is 0.505. The molecule has 0 spiro atoms. The third kappa shape index (κ3) is 4.31. The van der Waals surface area contributed by atoms with Gasteiger partial charge in [0.05, 0.1) is 0 Å². The molecule has 0 amide bonds. The minimum Gasteiger partial charge on any atom is -0.292 e. The summed E-state index contributed by atoms with van der Waals surface area (Å²) in [6.45, 7) is 0.765. The average molecular weight is 110 g/mol. The zero-order chi connectivity index (χ0) is 4.28. The quantitative estimate of drug-likeness (QED) is 0.366. The molecule has 0 aromatic rings. The van der Waals surface area contributed by atoms with Gasteiger partial charge in [-0.1, -0.05) is 11.6 Å². The van der Waals surface area contributed by atoms with Gasteiger partial charge in [-0.2, -0.15) is 11.5 Å². The summed E-state index contributed by atoms with van der Waals surface area (Å²) < 4.78 is 0. The van der Waals surface area contributed by atoms with Crippen LogP contribution >= 0.6 is 23.1 Å². The first-order valence-corrected chi connectivity index (χ1v) is 1.71. The molecule has 1 radical (unpaired) electrons. The first kappa shape index (κ1) is 5.31. The SMILES string of the molecule is O=C(Cl)[B]Cl. The van der Waals surface area contributed by atoms with Crippen LogP contribution in [0, 0.1) is 0 Å². The highest BCUT2D eigenvalue weighted by Crippen LogP contribution is 1.80. The van der Waals surface area contributed by atoms with Gasteiger partial charge in [-0.05, 0) is 0 Å². The molecule has 27 valence electrons. The second kappa shape index (κ2) is 2.55. The van der Waals surface area contributed by atoms with Crippen molar-refractivity contribution in [2.45, 2.75) is 0 Å². The van der Waals surface area contributed by atoms with Crippen molar-refractivity contribution in [3.63, 3.8) is 0 Å². The van der Waals surface area contributed by atoms with Crippen LogP contribution in [-0.2, 0) is 0 Å². The molecule has 0 fully saturated rings. The number of carbonyl (C=O) groups excluding carboxylic acids is 1. The first-order chi connectivity index (χ1) is 2.27. The molecule has 0 heterocycles. The van der Waals surface area contributed by atoms with Gasteiger partial charge in [0.2, 0.25) is 0 Å². The Labute approximate surface area is 40.4 Å². The molecule has 1 nitrogen and oxygen atoms in total. The minimum absolute atomic E-state index is 0.633. The molecule has 0 saturated heterocycles. The van der Waals surface area contributed by atoms with Gasteiger partial charge in [0.15, 0.2) is 5.14 Å². The molecule has 0 aliphatic carbocycles. The molecule has 0 atom stereocenters. The van der Waals surface area contributed by atoms with Crippen LogP contribution in [0.15, 0.2) is 0 Å². The molecule has 0 bridgehead atoms. The van der Waals surface area contributed by atoms with Crippen LogP contribution in [0.2, 0.25) is 0 Å². The molecule has 0 saturated carbocycles. The predicted octanol–water partition coefficient (Wildman–Crippen LogP) is 1.20. The van der Waals surface area contributed by atoms with Gasteiger partial charge in [0.1, 0.15) is 0 Å². The maximum absolute atomic E-state index is 9.39. The van der Waals surface area contributed by atoms with E-state index in [1.54, 1.807) is 0 Å². The lowest BCUT2D eigenvalue weighted by atomic mass is 10.2. The molecule has 0 aliphatic heterocycles. The lowest BCUT2D eigenvalue weighted by Crippen LogP contribution is -1.83. The van der Waals surface area contributed by atoms with Crippen molar-refractivity contribution in [3.8, 4) is 0 Å². The third-order valence-electron chi connectivity index (χ3n) is 0.0858. The van der Waals surface area contributed by atoms with E-state index >= 15 is 0 Å². The van der Waals surface area contributed by atoms with Crippen molar-refractivity contribution >= 4 is 34.9 Å². The number of rotatable bonds is 1. The van der Waals surface area contributed by atoms with Gasteiger partial charge in [-0.3, -0.25) is 4.79 Å². The summed E-state index contributed by atoms with van der Waals surface area (Å²) in [5, 5.41) is -0.633. The number of carbonyl (C=O) groups is 1. The zero-order valence-corrected chi connectivity index (χ0v) is 3.75. The van der Waals surface area contributed by atoms with E-state index in [0.717, 1.165) is 6.69 Å². The number of hydrogen-bond acceptors (Lipinski definition) is 1. The van der Waals surface area contributed by atoms with Gasteiger partial charge in [-0.15, -0.1) is 0 Å². The van der Waals surface area contributed by atoms with Crippen molar-refractivity contribution in [3.05, 3.63) is 0 Å². The molecule has 0 aromatic carbocycles. The highest BCUT2D eigenvalue weighted by Gasteiger charge is 1.89. The van der Waals surface area contributed by atoms with Gasteiger partial charge in [0, 0.05) is 0 Å². The summed E-state index contributed by atoms with van der Waals surface area (Å²) in [7, 11) is 0.